The largest absolute Gasteiger partial charge is 0.379 e. The maximum Gasteiger partial charge on any atom is 0.245 e. The van der Waals surface area contributed by atoms with Crippen molar-refractivity contribution in [3.05, 3.63) is 11.9 Å². The fourth-order valence-corrected chi connectivity index (χ4v) is 1.60. The van der Waals surface area contributed by atoms with E-state index < -0.39 is 0 Å². The summed E-state index contributed by atoms with van der Waals surface area (Å²) in [6, 6.07) is 0.0631. The number of hydrogen-bond acceptors (Lipinski definition) is 6. The molecule has 4 N–H and O–H groups in total. The summed E-state index contributed by atoms with van der Waals surface area (Å²) in [7, 11) is 1.57. The number of aromatic amines is 1. The zero-order valence-electron chi connectivity index (χ0n) is 11.8. The molecule has 1 heterocycles. The Morgan fingerprint density at radius 1 is 1.45 bits per heavy atom. The lowest BCUT2D eigenvalue weighted by Crippen LogP contribution is -2.24. The lowest BCUT2D eigenvalue weighted by Gasteiger charge is -2.10. The molecule has 1 rings (SSSR count). The molecule has 1 aromatic heterocycles. The van der Waals surface area contributed by atoms with E-state index in [-0.39, 0.29) is 18.6 Å². The molecule has 114 valence electrons. The van der Waals surface area contributed by atoms with Crippen molar-refractivity contribution in [3.8, 4) is 0 Å². The number of likely N-dealkylation sites (N-methyl/N-ethyl adjacent to an activating group) is 1. The number of amides is 1. The summed E-state index contributed by atoms with van der Waals surface area (Å²) in [5.41, 5.74) is 6.85. The van der Waals surface area contributed by atoms with Crippen LogP contribution >= 0.6 is 0 Å². The highest BCUT2D eigenvalue weighted by atomic mass is 16.5. The Morgan fingerprint density at radius 2 is 2.25 bits per heavy atom. The first-order valence-corrected chi connectivity index (χ1v) is 6.68. The van der Waals surface area contributed by atoms with Crippen LogP contribution in [0.3, 0.4) is 0 Å². The molecule has 0 bridgehead atoms. The first kappa shape index (κ1) is 16.5. The van der Waals surface area contributed by atoms with E-state index in [1.807, 2.05) is 0 Å². The summed E-state index contributed by atoms with van der Waals surface area (Å²) in [5.74, 6) is -0.135. The van der Waals surface area contributed by atoms with Gasteiger partial charge in [-0.25, -0.2) is 0 Å². The molecule has 0 aromatic carbocycles. The van der Waals surface area contributed by atoms with E-state index in [9.17, 15) is 4.79 Å². The Labute approximate surface area is 118 Å². The quantitative estimate of drug-likeness (QED) is 0.460. The van der Waals surface area contributed by atoms with E-state index in [0.29, 0.717) is 26.2 Å². The Morgan fingerprint density at radius 3 is 2.95 bits per heavy atom. The van der Waals surface area contributed by atoms with Crippen molar-refractivity contribution in [2.45, 2.75) is 25.3 Å². The molecule has 0 aliphatic carbocycles. The van der Waals surface area contributed by atoms with Gasteiger partial charge in [0.15, 0.2) is 0 Å². The molecule has 0 spiro atoms. The van der Waals surface area contributed by atoms with Crippen LogP contribution in [-0.4, -0.2) is 60.8 Å². The predicted octanol–water partition coefficient (Wildman–Crippen LogP) is -0.766. The van der Waals surface area contributed by atoms with Gasteiger partial charge in [0, 0.05) is 26.1 Å². The number of aromatic nitrogens is 3. The van der Waals surface area contributed by atoms with Gasteiger partial charge < -0.3 is 20.5 Å². The van der Waals surface area contributed by atoms with Gasteiger partial charge in [-0.15, -0.1) is 0 Å². The zero-order chi connectivity index (χ0) is 14.6. The van der Waals surface area contributed by atoms with Crippen LogP contribution in [0.5, 0.6) is 0 Å². The number of carbonyl (C=O) groups excluding carboxylic acids is 1. The van der Waals surface area contributed by atoms with E-state index in [2.05, 4.69) is 20.7 Å². The van der Waals surface area contributed by atoms with E-state index in [0.717, 1.165) is 18.5 Å². The van der Waals surface area contributed by atoms with Gasteiger partial charge in [0.05, 0.1) is 25.1 Å². The number of hydrogen-bond donors (Lipinski definition) is 3. The van der Waals surface area contributed by atoms with Crippen molar-refractivity contribution in [1.82, 2.24) is 20.7 Å². The predicted molar refractivity (Wildman–Crippen MR) is 73.0 cm³/mol. The average Bonchev–Trinajstić information content (AvgIpc) is 2.94. The number of carbonyl (C=O) groups is 1. The minimum atomic E-state index is -0.135. The van der Waals surface area contributed by atoms with Crippen molar-refractivity contribution in [3.63, 3.8) is 0 Å². The van der Waals surface area contributed by atoms with Crippen LogP contribution < -0.4 is 11.1 Å². The van der Waals surface area contributed by atoms with Gasteiger partial charge in [0.2, 0.25) is 5.91 Å². The number of ether oxygens (including phenoxy) is 2. The van der Waals surface area contributed by atoms with Gasteiger partial charge in [0.25, 0.3) is 0 Å². The topological polar surface area (TPSA) is 115 Å². The van der Waals surface area contributed by atoms with Gasteiger partial charge in [0.1, 0.15) is 6.61 Å². The standard InChI is InChI=1S/C12H23N5O3/c1-14-12(18)9-20-6-5-19-4-2-3-10(13)7-11-8-15-17-16-11/h8,10H,2-7,9,13H2,1H3,(H,14,18)(H,15,16,17). The first-order chi connectivity index (χ1) is 9.72. The average molecular weight is 285 g/mol. The van der Waals surface area contributed by atoms with Gasteiger partial charge >= 0.3 is 0 Å². The van der Waals surface area contributed by atoms with Crippen LogP contribution in [-0.2, 0) is 20.7 Å². The molecule has 0 aliphatic heterocycles. The van der Waals surface area contributed by atoms with Crippen LogP contribution in [0.25, 0.3) is 0 Å². The maximum atomic E-state index is 10.8. The summed E-state index contributed by atoms with van der Waals surface area (Å²) < 4.78 is 10.5. The Hall–Kier alpha value is -1.51. The van der Waals surface area contributed by atoms with Crippen LogP contribution in [0.15, 0.2) is 6.20 Å². The number of nitrogens with zero attached hydrogens (tertiary/aromatic N) is 2. The molecule has 1 amide bonds. The molecule has 0 saturated carbocycles. The van der Waals surface area contributed by atoms with E-state index in [4.69, 9.17) is 15.2 Å². The lowest BCUT2D eigenvalue weighted by molar-refractivity contribution is -0.125. The first-order valence-electron chi connectivity index (χ1n) is 6.68. The molecular weight excluding hydrogens is 262 g/mol. The highest BCUT2D eigenvalue weighted by molar-refractivity contribution is 5.76. The van der Waals surface area contributed by atoms with Crippen LogP contribution in [0, 0.1) is 0 Å². The summed E-state index contributed by atoms with van der Waals surface area (Å²) in [5, 5.41) is 12.7. The number of nitrogens with one attached hydrogen (secondary N) is 2. The third-order valence-corrected chi connectivity index (χ3v) is 2.68. The molecule has 0 radical (unpaired) electrons. The fraction of sp³-hybridized carbons (Fsp3) is 0.750. The van der Waals surface area contributed by atoms with E-state index in [1.165, 1.54) is 0 Å². The Bertz CT molecular complexity index is 358. The zero-order valence-corrected chi connectivity index (χ0v) is 11.8. The van der Waals surface area contributed by atoms with E-state index >= 15 is 0 Å². The molecule has 8 nitrogen and oxygen atoms in total. The van der Waals surface area contributed by atoms with Crippen molar-refractivity contribution in [2.75, 3.05) is 33.5 Å². The lowest BCUT2D eigenvalue weighted by atomic mass is 10.1. The van der Waals surface area contributed by atoms with Crippen molar-refractivity contribution in [2.24, 2.45) is 5.73 Å². The van der Waals surface area contributed by atoms with Gasteiger partial charge in [-0.1, -0.05) is 0 Å². The summed E-state index contributed by atoms with van der Waals surface area (Å²) in [4.78, 5) is 10.8. The van der Waals surface area contributed by atoms with E-state index in [1.54, 1.807) is 13.2 Å². The minimum Gasteiger partial charge on any atom is -0.379 e. The third-order valence-electron chi connectivity index (χ3n) is 2.68. The molecule has 1 atom stereocenters. The highest BCUT2D eigenvalue weighted by Gasteiger charge is 2.06. The molecular formula is C12H23N5O3. The molecule has 1 unspecified atom stereocenters. The van der Waals surface area contributed by atoms with Gasteiger partial charge in [-0.3, -0.25) is 4.79 Å². The van der Waals surface area contributed by atoms with Crippen molar-refractivity contribution >= 4 is 5.91 Å². The van der Waals surface area contributed by atoms with Crippen molar-refractivity contribution in [1.29, 1.82) is 0 Å². The highest BCUT2D eigenvalue weighted by Crippen LogP contribution is 2.01. The Kier molecular flexibility index (Phi) is 8.52. The smallest absolute Gasteiger partial charge is 0.245 e. The number of rotatable bonds is 11. The second kappa shape index (κ2) is 10.3. The van der Waals surface area contributed by atoms with Gasteiger partial charge in [-0.2, -0.15) is 15.4 Å². The minimum absolute atomic E-state index is 0.0631. The molecule has 0 aliphatic rings. The number of nitrogens with two attached hydrogens (primary N) is 1. The fourth-order valence-electron chi connectivity index (χ4n) is 1.60. The number of H-pyrrole nitrogens is 1. The second-order valence-electron chi connectivity index (χ2n) is 4.41. The van der Waals surface area contributed by atoms with Gasteiger partial charge in [-0.05, 0) is 12.8 Å². The third kappa shape index (κ3) is 7.82. The summed E-state index contributed by atoms with van der Waals surface area (Å²) in [6.07, 6.45) is 4.15. The SMILES string of the molecule is CNC(=O)COCCOCCCC(N)Cc1cn[nH]n1. The summed E-state index contributed by atoms with van der Waals surface area (Å²) in [6.45, 7) is 1.60. The molecule has 20 heavy (non-hydrogen) atoms. The monoisotopic (exact) mass is 285 g/mol. The van der Waals surface area contributed by atoms with Crippen molar-refractivity contribution < 1.29 is 14.3 Å². The second-order valence-corrected chi connectivity index (χ2v) is 4.41. The van der Waals surface area contributed by atoms with Crippen LogP contribution in [0.2, 0.25) is 0 Å². The maximum absolute atomic E-state index is 10.8. The van der Waals surface area contributed by atoms with Crippen LogP contribution in [0.4, 0.5) is 0 Å². The molecule has 0 saturated heterocycles. The van der Waals surface area contributed by atoms with Crippen LogP contribution in [0.1, 0.15) is 18.5 Å². The normalized spacial score (nSPS) is 12.3. The Balaban J connectivity index is 1.88. The summed E-state index contributed by atoms with van der Waals surface area (Å²) >= 11 is 0. The molecule has 0 fully saturated rings. The molecule has 1 aromatic rings. The molecule has 8 heteroatoms.